The number of sulfonamides is 1. The number of rotatable bonds is 6. The Morgan fingerprint density at radius 1 is 1.03 bits per heavy atom. The highest BCUT2D eigenvalue weighted by atomic mass is 32.2. The van der Waals surface area contributed by atoms with Gasteiger partial charge in [-0.25, -0.2) is 12.7 Å². The number of piperazine rings is 1. The fourth-order valence-electron chi connectivity index (χ4n) is 3.79. The fraction of sp³-hybridized carbons (Fsp3) is 0.304. The summed E-state index contributed by atoms with van der Waals surface area (Å²) in [6.07, 6.45) is 0. The molecule has 0 spiro atoms. The summed E-state index contributed by atoms with van der Waals surface area (Å²) >= 11 is 0. The number of anilines is 1. The van der Waals surface area contributed by atoms with E-state index < -0.39 is 10.0 Å². The molecule has 174 valence electrons. The molecule has 0 atom stereocenters. The van der Waals surface area contributed by atoms with E-state index in [4.69, 9.17) is 4.74 Å². The highest BCUT2D eigenvalue weighted by Crippen LogP contribution is 2.31. The Morgan fingerprint density at radius 3 is 2.36 bits per heavy atom. The highest BCUT2D eigenvalue weighted by molar-refractivity contribution is 7.89. The molecule has 33 heavy (non-hydrogen) atoms. The lowest BCUT2D eigenvalue weighted by Crippen LogP contribution is -2.48. The molecule has 1 N–H and O–H groups in total. The van der Waals surface area contributed by atoms with Crippen molar-refractivity contribution in [3.63, 3.8) is 0 Å². The first kappa shape index (κ1) is 22.8. The number of ether oxygens (including phenoxy) is 1. The Kier molecular flexibility index (Phi) is 6.39. The lowest BCUT2D eigenvalue weighted by Gasteiger charge is -2.35. The molecule has 9 nitrogen and oxygen atoms in total. The number of carbonyl (C=O) groups is 1. The van der Waals surface area contributed by atoms with Gasteiger partial charge in [0.15, 0.2) is 0 Å². The van der Waals surface area contributed by atoms with Gasteiger partial charge < -0.3 is 14.5 Å². The van der Waals surface area contributed by atoms with Crippen LogP contribution in [0.2, 0.25) is 0 Å². The first-order valence-electron chi connectivity index (χ1n) is 10.6. The fourth-order valence-corrected chi connectivity index (χ4v) is 4.87. The zero-order valence-electron chi connectivity index (χ0n) is 18.9. The van der Waals surface area contributed by atoms with Gasteiger partial charge in [-0.05, 0) is 36.4 Å². The molecule has 3 aromatic rings. The number of aromatic amines is 1. The van der Waals surface area contributed by atoms with Crippen LogP contribution in [0, 0.1) is 0 Å². The average Bonchev–Trinajstić information content (AvgIpc) is 3.34. The molecule has 0 bridgehead atoms. The van der Waals surface area contributed by atoms with Crippen LogP contribution in [0.15, 0.2) is 59.5 Å². The molecule has 4 rings (SSSR count). The second kappa shape index (κ2) is 9.24. The number of H-pyrrole nitrogens is 1. The van der Waals surface area contributed by atoms with Gasteiger partial charge in [-0.1, -0.05) is 18.2 Å². The van der Waals surface area contributed by atoms with Gasteiger partial charge >= 0.3 is 0 Å². The molecule has 10 heteroatoms. The minimum absolute atomic E-state index is 0.0420. The van der Waals surface area contributed by atoms with Gasteiger partial charge in [-0.3, -0.25) is 9.89 Å². The maximum absolute atomic E-state index is 13.0. The van der Waals surface area contributed by atoms with Crippen LogP contribution < -0.4 is 9.64 Å². The SMILES string of the molecule is COc1ccc(-c2cc(C(=O)N3CCN(c4ccccc4)CC3)[nH]n2)cc1S(=O)(=O)N(C)C. The van der Waals surface area contributed by atoms with E-state index >= 15 is 0 Å². The largest absolute Gasteiger partial charge is 0.495 e. The third-order valence-corrected chi connectivity index (χ3v) is 7.55. The van der Waals surface area contributed by atoms with Gasteiger partial charge in [0.2, 0.25) is 10.0 Å². The monoisotopic (exact) mass is 469 g/mol. The number of para-hydroxylation sites is 1. The Labute approximate surface area is 193 Å². The summed E-state index contributed by atoms with van der Waals surface area (Å²) in [5.41, 5.74) is 2.57. The number of hydrogen-bond acceptors (Lipinski definition) is 6. The molecule has 0 saturated carbocycles. The topological polar surface area (TPSA) is 98.8 Å². The van der Waals surface area contributed by atoms with Gasteiger partial charge in [0, 0.05) is 51.5 Å². The van der Waals surface area contributed by atoms with Crippen molar-refractivity contribution in [2.24, 2.45) is 0 Å². The Balaban J connectivity index is 1.51. The van der Waals surface area contributed by atoms with Crippen molar-refractivity contribution in [1.82, 2.24) is 19.4 Å². The number of methoxy groups -OCH3 is 1. The quantitative estimate of drug-likeness (QED) is 0.595. The first-order chi connectivity index (χ1) is 15.8. The Hall–Kier alpha value is -3.37. The lowest BCUT2D eigenvalue weighted by molar-refractivity contribution is 0.0741. The Morgan fingerprint density at radius 2 is 1.73 bits per heavy atom. The molecule has 0 unspecified atom stereocenters. The van der Waals surface area contributed by atoms with E-state index in [1.54, 1.807) is 23.1 Å². The van der Waals surface area contributed by atoms with E-state index in [0.29, 0.717) is 30.0 Å². The van der Waals surface area contributed by atoms with Gasteiger partial charge in [-0.2, -0.15) is 5.10 Å². The standard InChI is InChI=1S/C23H27N5O4S/c1-26(2)33(30,31)22-15-17(9-10-21(22)32-3)19-16-20(25-24-19)23(29)28-13-11-27(12-14-28)18-7-5-4-6-8-18/h4-10,15-16H,11-14H2,1-3H3,(H,24,25). The second-order valence-corrected chi connectivity index (χ2v) is 10.1. The summed E-state index contributed by atoms with van der Waals surface area (Å²) in [7, 11) is 0.634. The molecule has 1 saturated heterocycles. The maximum Gasteiger partial charge on any atom is 0.272 e. The van der Waals surface area contributed by atoms with Crippen LogP contribution in [0.3, 0.4) is 0 Å². The van der Waals surface area contributed by atoms with Crippen LogP contribution in [0.1, 0.15) is 10.5 Å². The van der Waals surface area contributed by atoms with E-state index in [-0.39, 0.29) is 16.6 Å². The molecule has 0 radical (unpaired) electrons. The smallest absolute Gasteiger partial charge is 0.272 e. The van der Waals surface area contributed by atoms with Crippen LogP contribution in [0.25, 0.3) is 11.3 Å². The van der Waals surface area contributed by atoms with E-state index in [0.717, 1.165) is 23.1 Å². The summed E-state index contributed by atoms with van der Waals surface area (Å²) in [5.74, 6) is 0.117. The Bertz CT molecular complexity index is 1230. The van der Waals surface area contributed by atoms with Crippen molar-refractivity contribution in [3.8, 4) is 17.0 Å². The first-order valence-corrected chi connectivity index (χ1v) is 12.0. The second-order valence-electron chi connectivity index (χ2n) is 7.93. The zero-order valence-corrected chi connectivity index (χ0v) is 19.7. The van der Waals surface area contributed by atoms with Crippen molar-refractivity contribution in [3.05, 3.63) is 60.3 Å². The molecule has 1 aliphatic heterocycles. The summed E-state index contributed by atoms with van der Waals surface area (Å²) in [5, 5.41) is 7.06. The normalized spacial score (nSPS) is 14.5. The van der Waals surface area contributed by atoms with Crippen molar-refractivity contribution in [2.75, 3.05) is 52.3 Å². The van der Waals surface area contributed by atoms with Gasteiger partial charge in [0.25, 0.3) is 5.91 Å². The number of carbonyl (C=O) groups excluding carboxylic acids is 1. The predicted molar refractivity (Wildman–Crippen MR) is 126 cm³/mol. The van der Waals surface area contributed by atoms with Crippen LogP contribution in [-0.4, -0.2) is 81.1 Å². The predicted octanol–water partition coefficient (Wildman–Crippen LogP) is 2.30. The van der Waals surface area contributed by atoms with Crippen molar-refractivity contribution < 1.29 is 17.9 Å². The number of nitrogens with zero attached hydrogens (tertiary/aromatic N) is 4. The average molecular weight is 470 g/mol. The van der Waals surface area contributed by atoms with Crippen LogP contribution in [0.4, 0.5) is 5.69 Å². The molecular weight excluding hydrogens is 442 g/mol. The molecule has 1 fully saturated rings. The zero-order chi connectivity index (χ0) is 23.6. The molecule has 1 aliphatic rings. The van der Waals surface area contributed by atoms with Gasteiger partial charge in [-0.15, -0.1) is 0 Å². The number of hydrogen-bond donors (Lipinski definition) is 1. The van der Waals surface area contributed by atoms with E-state index in [1.807, 2.05) is 18.2 Å². The summed E-state index contributed by atoms with van der Waals surface area (Å²) in [6, 6.07) is 16.6. The minimum Gasteiger partial charge on any atom is -0.495 e. The molecule has 1 aromatic heterocycles. The molecule has 1 amide bonds. The molecule has 2 aromatic carbocycles. The van der Waals surface area contributed by atoms with E-state index in [1.165, 1.54) is 27.3 Å². The van der Waals surface area contributed by atoms with Crippen LogP contribution in [0.5, 0.6) is 5.75 Å². The van der Waals surface area contributed by atoms with Gasteiger partial charge in [0.1, 0.15) is 16.3 Å². The molecule has 0 aliphatic carbocycles. The van der Waals surface area contributed by atoms with Crippen molar-refractivity contribution >= 4 is 21.6 Å². The summed E-state index contributed by atoms with van der Waals surface area (Å²) in [4.78, 5) is 17.1. The summed E-state index contributed by atoms with van der Waals surface area (Å²) < 4.78 is 31.8. The number of benzene rings is 2. The van der Waals surface area contributed by atoms with E-state index in [2.05, 4.69) is 27.2 Å². The minimum atomic E-state index is -3.71. The summed E-state index contributed by atoms with van der Waals surface area (Å²) in [6.45, 7) is 2.72. The number of amides is 1. The third-order valence-electron chi connectivity index (χ3n) is 5.71. The highest BCUT2D eigenvalue weighted by Gasteiger charge is 2.26. The molecule has 2 heterocycles. The number of aromatic nitrogens is 2. The third kappa shape index (κ3) is 4.57. The number of nitrogens with one attached hydrogen (secondary N) is 1. The van der Waals surface area contributed by atoms with Crippen molar-refractivity contribution in [2.45, 2.75) is 4.90 Å². The lowest BCUT2D eigenvalue weighted by atomic mass is 10.1. The maximum atomic E-state index is 13.0. The van der Waals surface area contributed by atoms with Gasteiger partial charge in [0.05, 0.1) is 12.8 Å². The van der Waals surface area contributed by atoms with Crippen LogP contribution >= 0.6 is 0 Å². The van der Waals surface area contributed by atoms with Crippen molar-refractivity contribution in [1.29, 1.82) is 0 Å². The molecular formula is C23H27N5O4S. The van der Waals surface area contributed by atoms with Crippen LogP contribution in [-0.2, 0) is 10.0 Å². The van der Waals surface area contributed by atoms with E-state index in [9.17, 15) is 13.2 Å².